The second kappa shape index (κ2) is 3.79. The zero-order chi connectivity index (χ0) is 9.90. The van der Waals surface area contributed by atoms with Crippen molar-refractivity contribution in [3.8, 4) is 0 Å². The number of nitrogens with zero attached hydrogens (tertiary/aromatic N) is 1. The van der Waals surface area contributed by atoms with Crippen molar-refractivity contribution in [2.75, 3.05) is 6.61 Å². The third kappa shape index (κ3) is 2.45. The lowest BCUT2D eigenvalue weighted by Crippen LogP contribution is -2.15. The average Bonchev–Trinajstić information content (AvgIpc) is 2.05. The lowest BCUT2D eigenvalue weighted by atomic mass is 10.1. The first-order valence-electron chi connectivity index (χ1n) is 3.98. The highest BCUT2D eigenvalue weighted by Gasteiger charge is 2.30. The monoisotopic (exact) mass is 187 g/mol. The Morgan fingerprint density at radius 1 is 1.46 bits per heavy atom. The molecule has 0 bridgehead atoms. The van der Waals surface area contributed by atoms with Crippen LogP contribution < -0.4 is 0 Å². The van der Waals surface area contributed by atoms with E-state index in [-0.39, 0.29) is 5.56 Å². The van der Waals surface area contributed by atoms with Gasteiger partial charge in [0.2, 0.25) is 0 Å². The van der Waals surface area contributed by atoms with Crippen LogP contribution in [0.15, 0.2) is 18.3 Å². The zero-order valence-electron chi connectivity index (χ0n) is 7.30. The van der Waals surface area contributed by atoms with Crippen molar-refractivity contribution >= 4 is 0 Å². The van der Waals surface area contributed by atoms with E-state index in [1.165, 1.54) is 12.1 Å². The van der Waals surface area contributed by atoms with Crippen LogP contribution in [0.25, 0.3) is 0 Å². The maximum Gasteiger partial charge on any atom is 0.276 e. The smallest absolute Gasteiger partial charge is 0.276 e. The van der Waals surface area contributed by atoms with Crippen LogP contribution in [0.3, 0.4) is 0 Å². The standard InChI is InChI=1S/C9H11F2NO/c1-7-2-3-8(6-12-7)9(10,11)4-5-13/h2-3,6,13H,4-5H2,1H3. The summed E-state index contributed by atoms with van der Waals surface area (Å²) in [5.74, 6) is -2.98. The summed E-state index contributed by atoms with van der Waals surface area (Å²) in [6, 6.07) is 2.86. The van der Waals surface area contributed by atoms with Crippen molar-refractivity contribution in [1.29, 1.82) is 0 Å². The summed E-state index contributed by atoms with van der Waals surface area (Å²) in [4.78, 5) is 3.77. The summed E-state index contributed by atoms with van der Waals surface area (Å²) in [5.41, 5.74) is 0.552. The van der Waals surface area contributed by atoms with Crippen LogP contribution in [0, 0.1) is 6.92 Å². The van der Waals surface area contributed by atoms with E-state index in [9.17, 15) is 8.78 Å². The van der Waals surface area contributed by atoms with Crippen LogP contribution in [0.1, 0.15) is 17.7 Å². The predicted octanol–water partition coefficient (Wildman–Crippen LogP) is 1.86. The molecule has 1 aromatic rings. The molecule has 0 aliphatic heterocycles. The SMILES string of the molecule is Cc1ccc(C(F)(F)CCO)cn1. The first kappa shape index (κ1) is 10.1. The molecule has 13 heavy (non-hydrogen) atoms. The van der Waals surface area contributed by atoms with Crippen LogP contribution in [0.5, 0.6) is 0 Å². The van der Waals surface area contributed by atoms with E-state index in [0.717, 1.165) is 6.20 Å². The maximum atomic E-state index is 13.1. The fourth-order valence-electron chi connectivity index (χ4n) is 0.969. The van der Waals surface area contributed by atoms with Gasteiger partial charge in [0.1, 0.15) is 0 Å². The van der Waals surface area contributed by atoms with E-state index in [1.54, 1.807) is 6.92 Å². The van der Waals surface area contributed by atoms with Crippen LogP contribution in [0.4, 0.5) is 8.78 Å². The topological polar surface area (TPSA) is 33.1 Å². The second-order valence-electron chi connectivity index (χ2n) is 2.87. The lowest BCUT2D eigenvalue weighted by Gasteiger charge is -2.14. The Hall–Kier alpha value is -1.03. The Balaban J connectivity index is 2.87. The summed E-state index contributed by atoms with van der Waals surface area (Å²) < 4.78 is 26.2. The van der Waals surface area contributed by atoms with Gasteiger partial charge in [0.05, 0.1) is 0 Å². The molecule has 0 aromatic carbocycles. The van der Waals surface area contributed by atoms with E-state index >= 15 is 0 Å². The first-order chi connectivity index (χ1) is 6.06. The molecule has 1 rings (SSSR count). The van der Waals surface area contributed by atoms with Gasteiger partial charge in [0, 0.05) is 30.5 Å². The Labute approximate surface area is 75.2 Å². The molecule has 0 fully saturated rings. The highest BCUT2D eigenvalue weighted by molar-refractivity contribution is 5.18. The number of hydrogen-bond donors (Lipinski definition) is 1. The molecule has 2 nitrogen and oxygen atoms in total. The molecule has 0 aliphatic carbocycles. The quantitative estimate of drug-likeness (QED) is 0.783. The minimum Gasteiger partial charge on any atom is -0.396 e. The Morgan fingerprint density at radius 2 is 2.15 bits per heavy atom. The van der Waals surface area contributed by atoms with E-state index in [0.29, 0.717) is 5.69 Å². The van der Waals surface area contributed by atoms with E-state index in [2.05, 4.69) is 4.98 Å². The minimum absolute atomic E-state index is 0.146. The minimum atomic E-state index is -2.98. The highest BCUT2D eigenvalue weighted by Crippen LogP contribution is 2.30. The van der Waals surface area contributed by atoms with Gasteiger partial charge in [-0.15, -0.1) is 0 Å². The van der Waals surface area contributed by atoms with Gasteiger partial charge in [0.15, 0.2) is 0 Å². The largest absolute Gasteiger partial charge is 0.396 e. The molecular weight excluding hydrogens is 176 g/mol. The van der Waals surface area contributed by atoms with Crippen LogP contribution in [0.2, 0.25) is 0 Å². The second-order valence-corrected chi connectivity index (χ2v) is 2.87. The molecule has 0 spiro atoms. The van der Waals surface area contributed by atoms with Crippen molar-refractivity contribution in [2.45, 2.75) is 19.3 Å². The third-order valence-electron chi connectivity index (χ3n) is 1.76. The average molecular weight is 187 g/mol. The van der Waals surface area contributed by atoms with Gasteiger partial charge in [-0.25, -0.2) is 8.78 Å². The number of aliphatic hydroxyl groups is 1. The zero-order valence-corrected chi connectivity index (χ0v) is 7.30. The lowest BCUT2D eigenvalue weighted by molar-refractivity contribution is -0.0272. The molecule has 1 N–H and O–H groups in total. The molecule has 0 radical (unpaired) electrons. The summed E-state index contributed by atoms with van der Waals surface area (Å²) in [6.07, 6.45) is 0.586. The summed E-state index contributed by atoms with van der Waals surface area (Å²) in [5, 5.41) is 8.42. The molecule has 1 heterocycles. The predicted molar refractivity (Wildman–Crippen MR) is 44.6 cm³/mol. The Bertz CT molecular complexity index is 271. The van der Waals surface area contributed by atoms with E-state index in [4.69, 9.17) is 5.11 Å². The first-order valence-corrected chi connectivity index (χ1v) is 3.98. The molecule has 0 atom stereocenters. The van der Waals surface area contributed by atoms with Gasteiger partial charge < -0.3 is 5.11 Å². The van der Waals surface area contributed by atoms with Crippen molar-refractivity contribution < 1.29 is 13.9 Å². The van der Waals surface area contributed by atoms with Gasteiger partial charge in [-0.3, -0.25) is 4.98 Å². The van der Waals surface area contributed by atoms with Gasteiger partial charge >= 0.3 is 0 Å². The number of rotatable bonds is 3. The van der Waals surface area contributed by atoms with Crippen molar-refractivity contribution in [2.24, 2.45) is 0 Å². The van der Waals surface area contributed by atoms with Gasteiger partial charge in [-0.05, 0) is 19.1 Å². The number of aromatic nitrogens is 1. The molecule has 4 heteroatoms. The molecule has 72 valence electrons. The summed E-state index contributed by atoms with van der Waals surface area (Å²) in [7, 11) is 0. The van der Waals surface area contributed by atoms with Crippen molar-refractivity contribution in [3.63, 3.8) is 0 Å². The molecule has 0 saturated heterocycles. The van der Waals surface area contributed by atoms with E-state index in [1.807, 2.05) is 0 Å². The fraction of sp³-hybridized carbons (Fsp3) is 0.444. The summed E-state index contributed by atoms with van der Waals surface area (Å²) in [6.45, 7) is 1.20. The highest BCUT2D eigenvalue weighted by atomic mass is 19.3. The normalized spacial score (nSPS) is 11.7. The number of halogens is 2. The van der Waals surface area contributed by atoms with Gasteiger partial charge in [0.25, 0.3) is 5.92 Å². The molecular formula is C9H11F2NO. The number of aliphatic hydroxyl groups excluding tert-OH is 1. The Morgan fingerprint density at radius 3 is 2.62 bits per heavy atom. The number of alkyl halides is 2. The van der Waals surface area contributed by atoms with Gasteiger partial charge in [-0.1, -0.05) is 0 Å². The molecule has 1 aromatic heterocycles. The van der Waals surface area contributed by atoms with Crippen LogP contribution >= 0.6 is 0 Å². The van der Waals surface area contributed by atoms with Crippen LogP contribution in [-0.4, -0.2) is 16.7 Å². The maximum absolute atomic E-state index is 13.1. The fourth-order valence-corrected chi connectivity index (χ4v) is 0.969. The van der Waals surface area contributed by atoms with E-state index < -0.39 is 19.0 Å². The third-order valence-corrected chi connectivity index (χ3v) is 1.76. The van der Waals surface area contributed by atoms with Crippen LogP contribution in [-0.2, 0) is 5.92 Å². The number of aryl methyl sites for hydroxylation is 1. The number of hydrogen-bond acceptors (Lipinski definition) is 2. The summed E-state index contributed by atoms with van der Waals surface area (Å²) >= 11 is 0. The van der Waals surface area contributed by atoms with Crippen molar-refractivity contribution in [1.82, 2.24) is 4.98 Å². The van der Waals surface area contributed by atoms with Gasteiger partial charge in [-0.2, -0.15) is 0 Å². The molecule has 0 aliphatic rings. The number of pyridine rings is 1. The Kier molecular flexibility index (Phi) is 2.93. The molecule has 0 amide bonds. The molecule has 0 unspecified atom stereocenters. The van der Waals surface area contributed by atoms with Crippen molar-refractivity contribution in [3.05, 3.63) is 29.6 Å². The molecule has 0 saturated carbocycles.